The molecule has 1 aromatic carbocycles. The fourth-order valence-electron chi connectivity index (χ4n) is 3.62. The number of hydrogen-bond acceptors (Lipinski definition) is 4. The van der Waals surface area contributed by atoms with Gasteiger partial charge in [0.2, 0.25) is 0 Å². The number of benzene rings is 1. The molecular formula is C18H25N3O3. The van der Waals surface area contributed by atoms with Crippen molar-refractivity contribution in [2.45, 2.75) is 45.4 Å². The smallest absolute Gasteiger partial charge is 0.319 e. The van der Waals surface area contributed by atoms with Crippen LogP contribution in [0.25, 0.3) is 11.1 Å². The van der Waals surface area contributed by atoms with Crippen molar-refractivity contribution in [3.63, 3.8) is 0 Å². The van der Waals surface area contributed by atoms with Crippen molar-refractivity contribution in [2.24, 2.45) is 5.41 Å². The molecule has 6 nitrogen and oxygen atoms in total. The highest BCUT2D eigenvalue weighted by atomic mass is 16.3. The Morgan fingerprint density at radius 2 is 2.12 bits per heavy atom. The minimum Gasteiger partial charge on any atom is -0.441 e. The number of aliphatic hydroxyl groups is 1. The van der Waals surface area contributed by atoms with Gasteiger partial charge in [0.15, 0.2) is 11.5 Å². The molecule has 1 fully saturated rings. The second-order valence-corrected chi connectivity index (χ2v) is 6.76. The molecule has 2 amide bonds. The van der Waals surface area contributed by atoms with E-state index in [4.69, 9.17) is 4.42 Å². The number of nitrogens with zero attached hydrogens (tertiary/aromatic N) is 1. The van der Waals surface area contributed by atoms with Crippen molar-refractivity contribution in [3.8, 4) is 0 Å². The van der Waals surface area contributed by atoms with Gasteiger partial charge in [-0.1, -0.05) is 19.3 Å². The molecule has 0 radical (unpaired) electrons. The molecule has 1 heterocycles. The molecule has 0 atom stereocenters. The molecule has 2 aromatic rings. The van der Waals surface area contributed by atoms with E-state index in [1.165, 1.54) is 19.3 Å². The van der Waals surface area contributed by atoms with E-state index >= 15 is 0 Å². The van der Waals surface area contributed by atoms with Gasteiger partial charge in [-0.05, 0) is 42.9 Å². The molecule has 1 aliphatic carbocycles. The lowest BCUT2D eigenvalue weighted by molar-refractivity contribution is 0.128. The number of nitrogens with one attached hydrogen (secondary N) is 2. The van der Waals surface area contributed by atoms with E-state index in [9.17, 15) is 9.90 Å². The lowest BCUT2D eigenvalue weighted by atomic mass is 9.72. The molecule has 130 valence electrons. The SMILES string of the molecule is Cc1nc2cc(NC(=O)NCC3(CCO)CCCCC3)ccc2o1. The Morgan fingerprint density at radius 3 is 2.88 bits per heavy atom. The zero-order valence-electron chi connectivity index (χ0n) is 14.1. The summed E-state index contributed by atoms with van der Waals surface area (Å²) >= 11 is 0. The molecule has 3 rings (SSSR count). The molecule has 0 spiro atoms. The summed E-state index contributed by atoms with van der Waals surface area (Å²) in [6.07, 6.45) is 6.47. The van der Waals surface area contributed by atoms with Crippen LogP contribution in [0.3, 0.4) is 0 Å². The molecule has 0 unspecified atom stereocenters. The van der Waals surface area contributed by atoms with Gasteiger partial charge in [0.1, 0.15) is 5.52 Å². The standard InChI is InChI=1S/C18H25N3O3/c1-13-20-15-11-14(5-6-16(15)24-13)21-17(23)19-12-18(9-10-22)7-3-2-4-8-18/h5-6,11,22H,2-4,7-10,12H2,1H3,(H2,19,21,23). The van der Waals surface area contributed by atoms with Crippen LogP contribution in [0.5, 0.6) is 0 Å². The third-order valence-corrected chi connectivity index (χ3v) is 4.93. The monoisotopic (exact) mass is 331 g/mol. The van der Waals surface area contributed by atoms with E-state index in [-0.39, 0.29) is 18.1 Å². The normalized spacial score (nSPS) is 16.9. The molecular weight excluding hydrogens is 306 g/mol. The summed E-state index contributed by atoms with van der Waals surface area (Å²) in [7, 11) is 0. The van der Waals surface area contributed by atoms with Gasteiger partial charge in [0.25, 0.3) is 0 Å². The second kappa shape index (κ2) is 7.21. The zero-order valence-corrected chi connectivity index (χ0v) is 14.1. The average Bonchev–Trinajstić information content (AvgIpc) is 2.94. The molecule has 1 saturated carbocycles. The van der Waals surface area contributed by atoms with Gasteiger partial charge in [-0.2, -0.15) is 0 Å². The van der Waals surface area contributed by atoms with Gasteiger partial charge in [0.05, 0.1) is 0 Å². The van der Waals surface area contributed by atoms with Gasteiger partial charge in [-0.15, -0.1) is 0 Å². The Hall–Kier alpha value is -2.08. The number of fused-ring (bicyclic) bond motifs is 1. The molecule has 3 N–H and O–H groups in total. The van der Waals surface area contributed by atoms with Crippen LogP contribution in [0.15, 0.2) is 22.6 Å². The highest BCUT2D eigenvalue weighted by Gasteiger charge is 2.31. The first-order chi connectivity index (χ1) is 11.6. The number of oxazole rings is 1. The Balaban J connectivity index is 1.59. The molecule has 24 heavy (non-hydrogen) atoms. The van der Waals surface area contributed by atoms with Gasteiger partial charge >= 0.3 is 6.03 Å². The van der Waals surface area contributed by atoms with Crippen LogP contribution in [0.4, 0.5) is 10.5 Å². The number of carbonyl (C=O) groups excluding carboxylic acids is 1. The van der Waals surface area contributed by atoms with E-state index < -0.39 is 0 Å². The number of aromatic nitrogens is 1. The van der Waals surface area contributed by atoms with E-state index in [2.05, 4.69) is 15.6 Å². The molecule has 0 bridgehead atoms. The Morgan fingerprint density at radius 1 is 1.33 bits per heavy atom. The first-order valence-electron chi connectivity index (χ1n) is 8.63. The van der Waals surface area contributed by atoms with E-state index in [0.717, 1.165) is 24.8 Å². The summed E-state index contributed by atoms with van der Waals surface area (Å²) in [6, 6.07) is 5.18. The third kappa shape index (κ3) is 3.87. The maximum absolute atomic E-state index is 12.2. The number of carbonyl (C=O) groups is 1. The van der Waals surface area contributed by atoms with Crippen molar-refractivity contribution < 1.29 is 14.3 Å². The topological polar surface area (TPSA) is 87.4 Å². The number of aryl methyl sites for hydroxylation is 1. The molecule has 1 aromatic heterocycles. The van der Waals surface area contributed by atoms with Gasteiger partial charge < -0.3 is 20.2 Å². The van der Waals surface area contributed by atoms with E-state index in [0.29, 0.717) is 23.7 Å². The first-order valence-corrected chi connectivity index (χ1v) is 8.63. The minimum atomic E-state index is -0.225. The summed E-state index contributed by atoms with van der Waals surface area (Å²) in [5.74, 6) is 0.606. The number of rotatable bonds is 5. The van der Waals surface area contributed by atoms with Crippen molar-refractivity contribution in [3.05, 3.63) is 24.1 Å². The summed E-state index contributed by atoms with van der Waals surface area (Å²) in [6.45, 7) is 2.57. The quantitative estimate of drug-likeness (QED) is 0.781. The lowest BCUT2D eigenvalue weighted by Crippen LogP contribution is -2.41. The summed E-state index contributed by atoms with van der Waals surface area (Å²) in [5.41, 5.74) is 2.17. The highest BCUT2D eigenvalue weighted by Crippen LogP contribution is 2.38. The number of urea groups is 1. The van der Waals surface area contributed by atoms with Crippen LogP contribution >= 0.6 is 0 Å². The van der Waals surface area contributed by atoms with Crippen LogP contribution < -0.4 is 10.6 Å². The van der Waals surface area contributed by atoms with E-state index in [1.54, 1.807) is 25.1 Å². The molecule has 0 saturated heterocycles. The first kappa shape index (κ1) is 16.8. The predicted octanol–water partition coefficient (Wildman–Crippen LogP) is 3.59. The maximum atomic E-state index is 12.2. The van der Waals surface area contributed by atoms with Crippen LogP contribution in [-0.2, 0) is 0 Å². The van der Waals surface area contributed by atoms with Gasteiger partial charge in [0, 0.05) is 25.8 Å². The Bertz CT molecular complexity index is 699. The molecule has 0 aliphatic heterocycles. The van der Waals surface area contributed by atoms with Crippen molar-refractivity contribution in [1.82, 2.24) is 10.3 Å². The fourth-order valence-corrected chi connectivity index (χ4v) is 3.62. The van der Waals surface area contributed by atoms with Crippen molar-refractivity contribution in [1.29, 1.82) is 0 Å². The lowest BCUT2D eigenvalue weighted by Gasteiger charge is -2.37. The predicted molar refractivity (Wildman–Crippen MR) is 93.0 cm³/mol. The summed E-state index contributed by atoms with van der Waals surface area (Å²) in [5, 5.41) is 15.2. The van der Waals surface area contributed by atoms with E-state index in [1.807, 2.05) is 0 Å². The second-order valence-electron chi connectivity index (χ2n) is 6.76. The zero-order chi connectivity index (χ0) is 17.0. The number of anilines is 1. The highest BCUT2D eigenvalue weighted by molar-refractivity contribution is 5.91. The number of amides is 2. The minimum absolute atomic E-state index is 0.0392. The van der Waals surface area contributed by atoms with Gasteiger partial charge in [-0.3, -0.25) is 0 Å². The van der Waals surface area contributed by atoms with Crippen LogP contribution in [0.2, 0.25) is 0 Å². The van der Waals surface area contributed by atoms with Crippen LogP contribution in [-0.4, -0.2) is 29.3 Å². The average molecular weight is 331 g/mol. The number of aliphatic hydroxyl groups excluding tert-OH is 1. The van der Waals surface area contributed by atoms with Crippen LogP contribution in [0, 0.1) is 12.3 Å². The Labute approximate surface area is 141 Å². The fraction of sp³-hybridized carbons (Fsp3) is 0.556. The Kier molecular flexibility index (Phi) is 5.04. The third-order valence-electron chi connectivity index (χ3n) is 4.93. The van der Waals surface area contributed by atoms with Crippen molar-refractivity contribution >= 4 is 22.8 Å². The number of hydrogen-bond donors (Lipinski definition) is 3. The molecule has 1 aliphatic rings. The maximum Gasteiger partial charge on any atom is 0.319 e. The summed E-state index contributed by atoms with van der Waals surface area (Å²) < 4.78 is 5.43. The van der Waals surface area contributed by atoms with Gasteiger partial charge in [-0.25, -0.2) is 9.78 Å². The van der Waals surface area contributed by atoms with Crippen molar-refractivity contribution in [2.75, 3.05) is 18.5 Å². The summed E-state index contributed by atoms with van der Waals surface area (Å²) in [4.78, 5) is 16.5. The largest absolute Gasteiger partial charge is 0.441 e. The molecule has 6 heteroatoms. The van der Waals surface area contributed by atoms with Crippen LogP contribution in [0.1, 0.15) is 44.4 Å².